The van der Waals surface area contributed by atoms with E-state index < -0.39 is 17.4 Å². The molecule has 0 aromatic heterocycles. The summed E-state index contributed by atoms with van der Waals surface area (Å²) in [6.45, 7) is 1.90. The highest BCUT2D eigenvalue weighted by Crippen LogP contribution is 2.38. The highest BCUT2D eigenvalue weighted by molar-refractivity contribution is 6.32. The molecule has 0 unspecified atom stereocenters. The Hall–Kier alpha value is -1.84. The number of hydrogen-bond donors (Lipinski definition) is 1. The van der Waals surface area contributed by atoms with Crippen molar-refractivity contribution in [3.63, 3.8) is 0 Å². The molecule has 0 spiro atoms. The molecule has 4 nitrogen and oxygen atoms in total. The monoisotopic (exact) mass is 261 g/mol. The highest BCUT2D eigenvalue weighted by atomic mass is 16.5. The van der Waals surface area contributed by atoms with Crippen LogP contribution in [0.4, 0.5) is 0 Å². The van der Waals surface area contributed by atoms with E-state index in [-0.39, 0.29) is 6.61 Å². The summed E-state index contributed by atoms with van der Waals surface area (Å²) in [5.74, 6) is -1.45. The first-order chi connectivity index (χ1) is 9.18. The molecule has 0 heterocycles. The first-order valence-electron chi connectivity index (χ1n) is 6.73. The molecule has 0 saturated heterocycles. The van der Waals surface area contributed by atoms with Gasteiger partial charge in [0, 0.05) is 0 Å². The van der Waals surface area contributed by atoms with Gasteiger partial charge in [0.05, 0.1) is 12.1 Å². The number of rotatable bonds is 3. The Morgan fingerprint density at radius 2 is 1.84 bits per heavy atom. The van der Waals surface area contributed by atoms with E-state index in [4.69, 9.17) is 4.74 Å². The summed E-state index contributed by atoms with van der Waals surface area (Å²) < 4.78 is 4.74. The molecule has 1 aromatic rings. The van der Waals surface area contributed by atoms with Crippen molar-refractivity contribution in [3.8, 4) is 0 Å². The van der Waals surface area contributed by atoms with Gasteiger partial charge >= 0.3 is 11.9 Å². The van der Waals surface area contributed by atoms with E-state index >= 15 is 0 Å². The van der Waals surface area contributed by atoms with Crippen LogP contribution in [0.3, 0.4) is 0 Å². The van der Waals surface area contributed by atoms with Gasteiger partial charge in [-0.2, -0.15) is 0 Å². The molecule has 102 valence electrons. The molecule has 0 atom stereocenters. The van der Waals surface area contributed by atoms with Crippen LogP contribution in [0.25, 0.3) is 0 Å². The van der Waals surface area contributed by atoms with Gasteiger partial charge in [-0.15, -0.1) is 0 Å². The van der Waals surface area contributed by atoms with Crippen molar-refractivity contribution >= 4 is 11.9 Å². The largest absolute Gasteiger partial charge is 0.459 e. The molecule has 1 N–H and O–H groups in total. The number of carbonyl (C=O) groups excluding carboxylic acids is 2. The molecule has 4 heteroatoms. The fourth-order valence-electron chi connectivity index (χ4n) is 2.69. The number of benzene rings is 1. The van der Waals surface area contributed by atoms with E-state index in [0.29, 0.717) is 0 Å². The summed E-state index contributed by atoms with van der Waals surface area (Å²) in [5.41, 5.74) is 0.649. The second-order valence-electron chi connectivity index (χ2n) is 4.83. The van der Waals surface area contributed by atoms with Gasteiger partial charge < -0.3 is 10.1 Å². The van der Waals surface area contributed by atoms with E-state index in [1.54, 1.807) is 6.92 Å². The molecule has 19 heavy (non-hydrogen) atoms. The van der Waals surface area contributed by atoms with E-state index in [2.05, 4.69) is 5.32 Å². The van der Waals surface area contributed by atoms with Gasteiger partial charge in [0.1, 0.15) is 0 Å². The molecule has 0 radical (unpaired) electrons. The lowest BCUT2D eigenvalue weighted by atomic mass is 9.88. The molecule has 0 bridgehead atoms. The fourth-order valence-corrected chi connectivity index (χ4v) is 2.69. The Bertz CT molecular complexity index is 450. The Morgan fingerprint density at radius 3 is 2.42 bits per heavy atom. The lowest BCUT2D eigenvalue weighted by molar-refractivity contribution is -0.155. The summed E-state index contributed by atoms with van der Waals surface area (Å²) in [5, 5.41) is 2.88. The molecule has 1 amide bonds. The van der Waals surface area contributed by atoms with Gasteiger partial charge in [0.15, 0.2) is 0 Å². The van der Waals surface area contributed by atoms with Crippen LogP contribution in [-0.2, 0) is 19.9 Å². The fraction of sp³-hybridized carbons (Fsp3) is 0.467. The van der Waals surface area contributed by atoms with Crippen molar-refractivity contribution in [1.29, 1.82) is 0 Å². The van der Waals surface area contributed by atoms with Crippen LogP contribution in [0.5, 0.6) is 0 Å². The standard InChI is InChI=1S/C15H19NO3/c1-2-19-14(18)13(17)16-15(10-6-7-11-15)12-8-4-3-5-9-12/h3-5,8-9H,2,6-7,10-11H2,1H3,(H,16,17). The van der Waals surface area contributed by atoms with Gasteiger partial charge in [-0.05, 0) is 25.3 Å². The molecule has 2 rings (SSSR count). The van der Waals surface area contributed by atoms with Crippen LogP contribution < -0.4 is 5.32 Å². The summed E-state index contributed by atoms with van der Waals surface area (Å²) in [6, 6.07) is 9.84. The summed E-state index contributed by atoms with van der Waals surface area (Å²) in [4.78, 5) is 23.4. The van der Waals surface area contributed by atoms with Crippen molar-refractivity contribution in [2.75, 3.05) is 6.61 Å². The number of ether oxygens (including phenoxy) is 1. The van der Waals surface area contributed by atoms with Crippen molar-refractivity contribution in [1.82, 2.24) is 5.32 Å². The lowest BCUT2D eigenvalue weighted by Gasteiger charge is -2.30. The van der Waals surface area contributed by atoms with E-state index in [0.717, 1.165) is 31.2 Å². The molecule has 1 fully saturated rings. The molecule has 1 aliphatic carbocycles. The highest BCUT2D eigenvalue weighted by Gasteiger charge is 2.38. The minimum Gasteiger partial charge on any atom is -0.459 e. The lowest BCUT2D eigenvalue weighted by Crippen LogP contribution is -2.47. The SMILES string of the molecule is CCOC(=O)C(=O)NC1(c2ccccc2)CCCC1. The van der Waals surface area contributed by atoms with Gasteiger partial charge in [0.2, 0.25) is 0 Å². The molecule has 1 aliphatic rings. The maximum absolute atomic E-state index is 11.9. The zero-order valence-corrected chi connectivity index (χ0v) is 11.1. The number of esters is 1. The van der Waals surface area contributed by atoms with Gasteiger partial charge in [-0.1, -0.05) is 43.2 Å². The van der Waals surface area contributed by atoms with Gasteiger partial charge in [0.25, 0.3) is 0 Å². The number of carbonyl (C=O) groups is 2. The molecule has 1 saturated carbocycles. The van der Waals surface area contributed by atoms with Crippen LogP contribution in [0.1, 0.15) is 38.2 Å². The maximum atomic E-state index is 11.9. The molecular formula is C15H19NO3. The molecular weight excluding hydrogens is 242 g/mol. The van der Waals surface area contributed by atoms with E-state index in [1.165, 1.54) is 0 Å². The van der Waals surface area contributed by atoms with E-state index in [1.807, 2.05) is 30.3 Å². The number of nitrogens with one attached hydrogen (secondary N) is 1. The average molecular weight is 261 g/mol. The second kappa shape index (κ2) is 5.87. The average Bonchev–Trinajstić information content (AvgIpc) is 2.90. The van der Waals surface area contributed by atoms with Crippen molar-refractivity contribution in [3.05, 3.63) is 35.9 Å². The first-order valence-corrected chi connectivity index (χ1v) is 6.73. The maximum Gasteiger partial charge on any atom is 0.396 e. The molecule has 0 aliphatic heterocycles. The zero-order valence-electron chi connectivity index (χ0n) is 11.1. The Morgan fingerprint density at radius 1 is 1.21 bits per heavy atom. The molecule has 1 aromatic carbocycles. The Balaban J connectivity index is 2.17. The number of amides is 1. The first kappa shape index (κ1) is 13.6. The third-order valence-corrected chi connectivity index (χ3v) is 3.60. The third kappa shape index (κ3) is 2.95. The zero-order chi connectivity index (χ0) is 13.7. The van der Waals surface area contributed by atoms with Crippen LogP contribution in [-0.4, -0.2) is 18.5 Å². The number of hydrogen-bond acceptors (Lipinski definition) is 3. The minimum atomic E-state index is -0.801. The summed E-state index contributed by atoms with van der Waals surface area (Å²) in [7, 11) is 0. The van der Waals surface area contributed by atoms with E-state index in [9.17, 15) is 9.59 Å². The van der Waals surface area contributed by atoms with Crippen molar-refractivity contribution in [2.24, 2.45) is 0 Å². The van der Waals surface area contributed by atoms with Crippen molar-refractivity contribution in [2.45, 2.75) is 38.1 Å². The van der Waals surface area contributed by atoms with Crippen LogP contribution >= 0.6 is 0 Å². The Kier molecular flexibility index (Phi) is 4.20. The van der Waals surface area contributed by atoms with Crippen LogP contribution in [0.2, 0.25) is 0 Å². The van der Waals surface area contributed by atoms with Crippen LogP contribution in [0.15, 0.2) is 30.3 Å². The quantitative estimate of drug-likeness (QED) is 0.670. The summed E-state index contributed by atoms with van der Waals surface area (Å²) in [6.07, 6.45) is 3.83. The normalized spacial score (nSPS) is 16.9. The van der Waals surface area contributed by atoms with Crippen LogP contribution in [0, 0.1) is 0 Å². The Labute approximate surface area is 113 Å². The topological polar surface area (TPSA) is 55.4 Å². The smallest absolute Gasteiger partial charge is 0.396 e. The predicted octanol–water partition coefficient (Wildman–Crippen LogP) is 2.14. The third-order valence-electron chi connectivity index (χ3n) is 3.60. The van der Waals surface area contributed by atoms with Gasteiger partial charge in [-0.25, -0.2) is 4.79 Å². The minimum absolute atomic E-state index is 0.213. The predicted molar refractivity (Wildman–Crippen MR) is 71.4 cm³/mol. The summed E-state index contributed by atoms with van der Waals surface area (Å²) >= 11 is 0. The second-order valence-corrected chi connectivity index (χ2v) is 4.83. The van der Waals surface area contributed by atoms with Gasteiger partial charge in [-0.3, -0.25) is 4.79 Å². The van der Waals surface area contributed by atoms with Crippen molar-refractivity contribution < 1.29 is 14.3 Å².